The van der Waals surface area contributed by atoms with Crippen molar-refractivity contribution in [2.75, 3.05) is 19.6 Å². The molecule has 4 amide bonds. The molecule has 250 valence electrons. The number of rotatable bonds is 5. The van der Waals surface area contributed by atoms with Gasteiger partial charge in [-0.25, -0.2) is 4.39 Å². The van der Waals surface area contributed by atoms with Gasteiger partial charge >= 0.3 is 13.3 Å². The third-order valence-electron chi connectivity index (χ3n) is 9.30. The van der Waals surface area contributed by atoms with Crippen molar-refractivity contribution >= 4 is 42.1 Å². The second kappa shape index (κ2) is 12.1. The molecule has 2 saturated heterocycles. The molecular weight excluding hydrogens is 642 g/mol. The van der Waals surface area contributed by atoms with Crippen molar-refractivity contribution in [3.8, 4) is 0 Å². The molecule has 0 aliphatic carbocycles. The Kier molecular flexibility index (Phi) is 8.43. The zero-order valence-electron chi connectivity index (χ0n) is 25.3. The van der Waals surface area contributed by atoms with Crippen molar-refractivity contribution in [2.45, 2.75) is 62.9 Å². The zero-order valence-corrected chi connectivity index (χ0v) is 26.2. The quantitative estimate of drug-likeness (QED) is 0.302. The van der Waals surface area contributed by atoms with Crippen LogP contribution in [0.1, 0.15) is 53.4 Å². The number of aromatic amines is 1. The molecule has 3 aromatic rings. The van der Waals surface area contributed by atoms with E-state index in [2.05, 4.69) is 10.3 Å². The van der Waals surface area contributed by atoms with Crippen molar-refractivity contribution in [1.29, 1.82) is 0 Å². The Balaban J connectivity index is 1.24. The molecule has 3 aliphatic heterocycles. The highest BCUT2D eigenvalue weighted by atomic mass is 31.2. The van der Waals surface area contributed by atoms with Crippen LogP contribution in [0.5, 0.6) is 0 Å². The minimum atomic E-state index is -5.82. The summed E-state index contributed by atoms with van der Waals surface area (Å²) in [5.74, 6) is -2.22. The standard InChI is InChI=1S/C31H33F3N5O7P/c1-17(40)37-11-9-23-5-7-27(30(43)38-10-8-18-13-22(32)4-2-19(18)15-38)39(23)29(42)26(16-37)36-28(41)25-14-20-12-21(3-6-24(20)35-25)31(33,34)47(44,45)46/h2-4,6,12-14,23,26-27,35H,5,7-11,15-16H2,1H3,(H,36,41)(H2,44,45,46)/t23-,26-,27-/m1/s1. The minimum Gasteiger partial charge on any atom is -0.351 e. The van der Waals surface area contributed by atoms with Crippen LogP contribution in [0, 0.1) is 5.82 Å². The summed E-state index contributed by atoms with van der Waals surface area (Å²) >= 11 is 0. The number of hydrogen-bond donors (Lipinski definition) is 4. The highest BCUT2D eigenvalue weighted by Gasteiger charge is 2.50. The van der Waals surface area contributed by atoms with E-state index in [1.54, 1.807) is 11.0 Å². The van der Waals surface area contributed by atoms with Crippen molar-refractivity contribution in [3.63, 3.8) is 0 Å². The predicted octanol–water partition coefficient (Wildman–Crippen LogP) is 2.83. The number of H-pyrrole nitrogens is 1. The molecule has 47 heavy (non-hydrogen) atoms. The first kappa shape index (κ1) is 32.7. The van der Waals surface area contributed by atoms with Crippen LogP contribution < -0.4 is 5.32 Å². The van der Waals surface area contributed by atoms with Gasteiger partial charge in [-0.3, -0.25) is 23.7 Å². The highest BCUT2D eigenvalue weighted by molar-refractivity contribution is 7.52. The van der Waals surface area contributed by atoms with Crippen LogP contribution in [0.4, 0.5) is 13.2 Å². The Labute approximate surface area is 267 Å². The molecule has 0 bridgehead atoms. The molecule has 0 radical (unpaired) electrons. The molecule has 0 spiro atoms. The number of hydrogen-bond acceptors (Lipinski definition) is 5. The van der Waals surface area contributed by atoms with Crippen LogP contribution in [-0.2, 0) is 37.6 Å². The second-order valence-electron chi connectivity index (χ2n) is 12.3. The van der Waals surface area contributed by atoms with Crippen molar-refractivity contribution < 1.29 is 46.7 Å². The molecule has 4 heterocycles. The summed E-state index contributed by atoms with van der Waals surface area (Å²) in [6.07, 6.45) is 1.83. The molecule has 1 aromatic heterocycles. The molecular formula is C31H33F3N5O7P. The van der Waals surface area contributed by atoms with Gasteiger partial charge in [-0.05, 0) is 67.1 Å². The maximum Gasteiger partial charge on any atom is 0.399 e. The fourth-order valence-electron chi connectivity index (χ4n) is 6.78. The number of aromatic nitrogens is 1. The van der Waals surface area contributed by atoms with Gasteiger partial charge in [0.1, 0.15) is 23.6 Å². The SMILES string of the molecule is CC(=O)N1CC[C@H]2CC[C@H](C(=O)N3CCc4cc(F)ccc4C3)N2C(=O)[C@H](NC(=O)c2cc3cc(C(F)(F)P(=O)(O)O)ccc3[nH]2)C1. The molecule has 6 rings (SSSR count). The van der Waals surface area contributed by atoms with E-state index in [-0.39, 0.29) is 53.4 Å². The predicted molar refractivity (Wildman–Crippen MR) is 162 cm³/mol. The third kappa shape index (κ3) is 6.15. The summed E-state index contributed by atoms with van der Waals surface area (Å²) in [4.78, 5) is 79.5. The minimum absolute atomic E-state index is 0.0752. The Morgan fingerprint density at radius 2 is 1.77 bits per heavy atom. The van der Waals surface area contributed by atoms with Crippen LogP contribution >= 0.6 is 7.60 Å². The Morgan fingerprint density at radius 1 is 1.00 bits per heavy atom. The summed E-state index contributed by atoms with van der Waals surface area (Å²) in [6, 6.07) is 6.14. The van der Waals surface area contributed by atoms with Crippen LogP contribution in [0.2, 0.25) is 0 Å². The van der Waals surface area contributed by atoms with E-state index in [1.165, 1.54) is 34.9 Å². The number of fused-ring (bicyclic) bond motifs is 3. The second-order valence-corrected chi connectivity index (χ2v) is 13.9. The molecule has 0 saturated carbocycles. The van der Waals surface area contributed by atoms with Gasteiger partial charge in [0.15, 0.2) is 0 Å². The summed E-state index contributed by atoms with van der Waals surface area (Å²) in [7, 11) is -5.82. The van der Waals surface area contributed by atoms with E-state index in [1.807, 2.05) is 0 Å². The summed E-state index contributed by atoms with van der Waals surface area (Å²) in [5.41, 5.74) is -3.61. The van der Waals surface area contributed by atoms with E-state index < -0.39 is 42.7 Å². The van der Waals surface area contributed by atoms with Crippen LogP contribution in [0.25, 0.3) is 10.9 Å². The fourth-order valence-corrected chi connectivity index (χ4v) is 7.25. The molecule has 2 fully saturated rings. The lowest BCUT2D eigenvalue weighted by Gasteiger charge is -2.40. The largest absolute Gasteiger partial charge is 0.399 e. The van der Waals surface area contributed by atoms with Crippen molar-refractivity contribution in [1.82, 2.24) is 25.0 Å². The Bertz CT molecular complexity index is 1830. The maximum absolute atomic E-state index is 14.3. The smallest absolute Gasteiger partial charge is 0.351 e. The van der Waals surface area contributed by atoms with Gasteiger partial charge in [0.25, 0.3) is 5.91 Å². The summed E-state index contributed by atoms with van der Waals surface area (Å²) in [5, 5.41) is 2.72. The van der Waals surface area contributed by atoms with Crippen LogP contribution in [0.3, 0.4) is 0 Å². The first-order valence-corrected chi connectivity index (χ1v) is 16.8. The van der Waals surface area contributed by atoms with Gasteiger partial charge in [-0.2, -0.15) is 8.78 Å². The fraction of sp³-hybridized carbons (Fsp3) is 0.419. The lowest BCUT2D eigenvalue weighted by molar-refractivity contribution is -0.149. The average molecular weight is 676 g/mol. The van der Waals surface area contributed by atoms with E-state index >= 15 is 0 Å². The van der Waals surface area contributed by atoms with Gasteiger partial charge in [0.05, 0.1) is 0 Å². The average Bonchev–Trinajstić information content (AvgIpc) is 3.64. The van der Waals surface area contributed by atoms with E-state index in [4.69, 9.17) is 9.79 Å². The number of nitrogens with zero attached hydrogens (tertiary/aromatic N) is 3. The molecule has 12 nitrogen and oxygen atoms in total. The third-order valence-corrected chi connectivity index (χ3v) is 10.3. The molecule has 0 unspecified atom stereocenters. The first-order valence-electron chi connectivity index (χ1n) is 15.2. The van der Waals surface area contributed by atoms with Gasteiger partial charge in [0.2, 0.25) is 17.7 Å². The number of alkyl halides is 2. The van der Waals surface area contributed by atoms with Gasteiger partial charge in [-0.1, -0.05) is 12.1 Å². The number of benzene rings is 2. The Hall–Kier alpha value is -4.20. The topological polar surface area (TPSA) is 163 Å². The van der Waals surface area contributed by atoms with Crippen molar-refractivity contribution in [2.24, 2.45) is 0 Å². The Morgan fingerprint density at radius 3 is 2.49 bits per heavy atom. The van der Waals surface area contributed by atoms with Crippen molar-refractivity contribution in [3.05, 3.63) is 70.7 Å². The van der Waals surface area contributed by atoms with Gasteiger partial charge < -0.3 is 34.8 Å². The summed E-state index contributed by atoms with van der Waals surface area (Å²) < 4.78 is 53.7. The van der Waals surface area contributed by atoms with E-state index in [9.17, 15) is 36.9 Å². The molecule has 3 aliphatic rings. The monoisotopic (exact) mass is 675 g/mol. The molecule has 2 aromatic carbocycles. The number of halogens is 3. The normalized spacial score (nSPS) is 22.0. The molecule has 3 atom stereocenters. The molecule has 4 N–H and O–H groups in total. The van der Waals surface area contributed by atoms with Gasteiger partial charge in [-0.15, -0.1) is 0 Å². The number of carbonyl (C=O) groups is 4. The van der Waals surface area contributed by atoms with Crippen LogP contribution in [-0.4, -0.2) is 90.9 Å². The zero-order chi connectivity index (χ0) is 33.8. The number of amides is 4. The number of carbonyl (C=O) groups excluding carboxylic acids is 4. The van der Waals surface area contributed by atoms with E-state index in [0.29, 0.717) is 38.8 Å². The lowest BCUT2D eigenvalue weighted by atomic mass is 9.98. The van der Waals surface area contributed by atoms with Crippen LogP contribution in [0.15, 0.2) is 42.5 Å². The highest BCUT2D eigenvalue weighted by Crippen LogP contribution is 2.59. The maximum atomic E-state index is 14.3. The first-order chi connectivity index (χ1) is 22.1. The molecule has 16 heteroatoms. The van der Waals surface area contributed by atoms with E-state index in [0.717, 1.165) is 29.3 Å². The lowest BCUT2D eigenvalue weighted by Crippen LogP contribution is -2.61. The summed E-state index contributed by atoms with van der Waals surface area (Å²) in [6.45, 7) is 2.12. The number of nitrogens with one attached hydrogen (secondary N) is 2. The van der Waals surface area contributed by atoms with Gasteiger partial charge in [0, 0.05) is 55.6 Å².